The van der Waals surface area contributed by atoms with Crippen LogP contribution in [0.5, 0.6) is 5.75 Å². The minimum atomic E-state index is 0.355. The van der Waals surface area contributed by atoms with Crippen LogP contribution in [-0.4, -0.2) is 22.6 Å². The van der Waals surface area contributed by atoms with Crippen molar-refractivity contribution < 1.29 is 5.11 Å². The Bertz CT molecular complexity index is 360. The fourth-order valence-electron chi connectivity index (χ4n) is 3.09. The van der Waals surface area contributed by atoms with E-state index in [2.05, 4.69) is 30.9 Å². The van der Waals surface area contributed by atoms with Gasteiger partial charge in [0.1, 0.15) is 5.75 Å². The molecule has 1 saturated heterocycles. The number of nitrogens with zero attached hydrogens (tertiary/aromatic N) is 1. The summed E-state index contributed by atoms with van der Waals surface area (Å²) >= 11 is 0. The molecule has 18 heavy (non-hydrogen) atoms. The van der Waals surface area contributed by atoms with E-state index in [9.17, 15) is 5.11 Å². The Kier molecular flexibility index (Phi) is 4.65. The van der Waals surface area contributed by atoms with Crippen molar-refractivity contribution in [3.8, 4) is 5.75 Å². The summed E-state index contributed by atoms with van der Waals surface area (Å²) in [6.07, 6.45) is 6.63. The first-order chi connectivity index (χ1) is 8.72. The average Bonchev–Trinajstić information content (AvgIpc) is 2.63. The van der Waals surface area contributed by atoms with E-state index in [1.54, 1.807) is 12.1 Å². The molecule has 100 valence electrons. The van der Waals surface area contributed by atoms with Crippen LogP contribution in [0.4, 0.5) is 0 Å². The maximum absolute atomic E-state index is 9.38. The van der Waals surface area contributed by atoms with Crippen LogP contribution >= 0.6 is 0 Å². The van der Waals surface area contributed by atoms with E-state index in [4.69, 9.17) is 0 Å². The molecule has 0 spiro atoms. The molecule has 2 atom stereocenters. The minimum Gasteiger partial charge on any atom is -0.508 e. The van der Waals surface area contributed by atoms with Gasteiger partial charge in [0.15, 0.2) is 0 Å². The largest absolute Gasteiger partial charge is 0.508 e. The lowest BCUT2D eigenvalue weighted by Crippen LogP contribution is -2.36. The Balaban J connectivity index is 2.14. The molecule has 2 rings (SSSR count). The number of likely N-dealkylation sites (tertiary alicyclic amines) is 1. The Labute approximate surface area is 111 Å². The molecule has 1 aromatic carbocycles. The summed E-state index contributed by atoms with van der Waals surface area (Å²) in [5, 5.41) is 9.38. The summed E-state index contributed by atoms with van der Waals surface area (Å²) in [4.78, 5) is 2.65. The average molecular weight is 247 g/mol. The smallest absolute Gasteiger partial charge is 0.115 e. The summed E-state index contributed by atoms with van der Waals surface area (Å²) in [5.74, 6) is 0.355. The molecule has 1 aliphatic heterocycles. The standard InChI is InChI=1S/C16H25NO/c1-3-15-7-5-4-6-12-17(15)13(2)14-8-10-16(18)11-9-14/h8-11,13,15,18H,3-7,12H2,1-2H3. The Hall–Kier alpha value is -1.02. The van der Waals surface area contributed by atoms with E-state index in [0.29, 0.717) is 11.8 Å². The third-order valence-electron chi connectivity index (χ3n) is 4.27. The fraction of sp³-hybridized carbons (Fsp3) is 0.625. The second-order valence-electron chi connectivity index (χ2n) is 5.42. The van der Waals surface area contributed by atoms with Gasteiger partial charge < -0.3 is 5.11 Å². The van der Waals surface area contributed by atoms with Gasteiger partial charge in [-0.25, -0.2) is 0 Å². The maximum Gasteiger partial charge on any atom is 0.115 e. The van der Waals surface area contributed by atoms with Crippen molar-refractivity contribution in [3.05, 3.63) is 29.8 Å². The first-order valence-corrected chi connectivity index (χ1v) is 7.27. The molecular formula is C16H25NO. The molecule has 0 aromatic heterocycles. The van der Waals surface area contributed by atoms with Crippen LogP contribution in [0, 0.1) is 0 Å². The number of phenolic OH excluding ortho intramolecular Hbond substituents is 1. The highest BCUT2D eigenvalue weighted by Crippen LogP contribution is 2.29. The van der Waals surface area contributed by atoms with Gasteiger partial charge in [-0.15, -0.1) is 0 Å². The number of hydrogen-bond donors (Lipinski definition) is 1. The van der Waals surface area contributed by atoms with Crippen molar-refractivity contribution in [1.82, 2.24) is 4.90 Å². The fourth-order valence-corrected chi connectivity index (χ4v) is 3.09. The van der Waals surface area contributed by atoms with Gasteiger partial charge in [0.2, 0.25) is 0 Å². The molecule has 1 heterocycles. The Morgan fingerprint density at radius 1 is 1.22 bits per heavy atom. The van der Waals surface area contributed by atoms with E-state index >= 15 is 0 Å². The van der Waals surface area contributed by atoms with Gasteiger partial charge in [-0.05, 0) is 50.4 Å². The van der Waals surface area contributed by atoms with E-state index in [-0.39, 0.29) is 0 Å². The molecule has 1 fully saturated rings. The summed E-state index contributed by atoms with van der Waals surface area (Å²) in [5.41, 5.74) is 1.31. The molecule has 0 radical (unpaired) electrons. The molecule has 2 nitrogen and oxygen atoms in total. The van der Waals surface area contributed by atoms with Crippen molar-refractivity contribution in [2.24, 2.45) is 0 Å². The summed E-state index contributed by atoms with van der Waals surface area (Å²) in [6.45, 7) is 5.80. The van der Waals surface area contributed by atoms with E-state index in [0.717, 1.165) is 6.04 Å². The van der Waals surface area contributed by atoms with Crippen LogP contribution in [0.1, 0.15) is 57.6 Å². The predicted octanol–water partition coefficient (Wildman–Crippen LogP) is 4.11. The van der Waals surface area contributed by atoms with E-state index in [1.165, 1.54) is 44.2 Å². The molecule has 1 N–H and O–H groups in total. The van der Waals surface area contributed by atoms with Gasteiger partial charge in [-0.2, -0.15) is 0 Å². The lowest BCUT2D eigenvalue weighted by atomic mass is 10.0. The summed E-state index contributed by atoms with van der Waals surface area (Å²) in [6, 6.07) is 8.87. The van der Waals surface area contributed by atoms with Crippen LogP contribution in [0.3, 0.4) is 0 Å². The third-order valence-corrected chi connectivity index (χ3v) is 4.27. The Morgan fingerprint density at radius 2 is 1.94 bits per heavy atom. The zero-order valence-corrected chi connectivity index (χ0v) is 11.6. The lowest BCUT2D eigenvalue weighted by molar-refractivity contribution is 0.142. The molecule has 2 heteroatoms. The third kappa shape index (κ3) is 3.05. The summed E-state index contributed by atoms with van der Waals surface area (Å²) in [7, 11) is 0. The van der Waals surface area contributed by atoms with Crippen LogP contribution in [0.2, 0.25) is 0 Å². The second kappa shape index (κ2) is 6.24. The van der Waals surface area contributed by atoms with Gasteiger partial charge >= 0.3 is 0 Å². The lowest BCUT2D eigenvalue weighted by Gasteiger charge is -2.35. The van der Waals surface area contributed by atoms with Crippen molar-refractivity contribution in [2.45, 2.75) is 58.0 Å². The molecule has 1 aromatic rings. The van der Waals surface area contributed by atoms with Gasteiger partial charge in [0.05, 0.1) is 0 Å². The number of rotatable bonds is 3. The molecule has 0 saturated carbocycles. The molecular weight excluding hydrogens is 222 g/mol. The van der Waals surface area contributed by atoms with Crippen LogP contribution in [0.25, 0.3) is 0 Å². The zero-order chi connectivity index (χ0) is 13.0. The SMILES string of the molecule is CCC1CCCCCN1C(C)c1ccc(O)cc1. The van der Waals surface area contributed by atoms with Crippen molar-refractivity contribution >= 4 is 0 Å². The normalized spacial score (nSPS) is 23.6. The van der Waals surface area contributed by atoms with Crippen molar-refractivity contribution in [2.75, 3.05) is 6.54 Å². The molecule has 0 bridgehead atoms. The number of benzene rings is 1. The maximum atomic E-state index is 9.38. The molecule has 0 amide bonds. The molecule has 0 aliphatic carbocycles. The van der Waals surface area contributed by atoms with Crippen LogP contribution in [-0.2, 0) is 0 Å². The highest BCUT2D eigenvalue weighted by Gasteiger charge is 2.24. The van der Waals surface area contributed by atoms with Crippen molar-refractivity contribution in [3.63, 3.8) is 0 Å². The van der Waals surface area contributed by atoms with Gasteiger partial charge in [0, 0.05) is 12.1 Å². The highest BCUT2D eigenvalue weighted by molar-refractivity contribution is 5.27. The minimum absolute atomic E-state index is 0.355. The van der Waals surface area contributed by atoms with Crippen LogP contribution in [0.15, 0.2) is 24.3 Å². The topological polar surface area (TPSA) is 23.5 Å². The predicted molar refractivity (Wildman–Crippen MR) is 75.8 cm³/mol. The van der Waals surface area contributed by atoms with Crippen LogP contribution < -0.4 is 0 Å². The van der Waals surface area contributed by atoms with Crippen molar-refractivity contribution in [1.29, 1.82) is 0 Å². The second-order valence-corrected chi connectivity index (χ2v) is 5.42. The number of phenols is 1. The van der Waals surface area contributed by atoms with E-state index < -0.39 is 0 Å². The van der Waals surface area contributed by atoms with Gasteiger partial charge in [-0.3, -0.25) is 4.90 Å². The summed E-state index contributed by atoms with van der Waals surface area (Å²) < 4.78 is 0. The monoisotopic (exact) mass is 247 g/mol. The first kappa shape index (κ1) is 13.4. The van der Waals surface area contributed by atoms with Gasteiger partial charge in [-0.1, -0.05) is 31.9 Å². The first-order valence-electron chi connectivity index (χ1n) is 7.27. The molecule has 1 aliphatic rings. The number of hydrogen-bond acceptors (Lipinski definition) is 2. The molecule has 2 unspecified atom stereocenters. The Morgan fingerprint density at radius 3 is 2.61 bits per heavy atom. The number of aromatic hydroxyl groups is 1. The highest BCUT2D eigenvalue weighted by atomic mass is 16.3. The van der Waals surface area contributed by atoms with E-state index in [1.807, 2.05) is 0 Å². The zero-order valence-electron chi connectivity index (χ0n) is 11.6. The van der Waals surface area contributed by atoms with Gasteiger partial charge in [0.25, 0.3) is 0 Å². The quantitative estimate of drug-likeness (QED) is 0.869.